The van der Waals surface area contributed by atoms with E-state index in [-0.39, 0.29) is 11.8 Å². The van der Waals surface area contributed by atoms with Gasteiger partial charge in [-0.1, -0.05) is 35.9 Å². The van der Waals surface area contributed by atoms with E-state index in [9.17, 15) is 9.59 Å². The van der Waals surface area contributed by atoms with E-state index >= 15 is 0 Å². The number of nitrogens with one attached hydrogen (secondary N) is 2. The molecule has 0 bridgehead atoms. The van der Waals surface area contributed by atoms with Crippen molar-refractivity contribution in [1.82, 2.24) is 25.4 Å². The van der Waals surface area contributed by atoms with Crippen LogP contribution in [-0.2, 0) is 4.79 Å². The molecular formula is C30H40BrClN6O3S. The van der Waals surface area contributed by atoms with E-state index in [1.165, 1.54) is 17.3 Å². The molecule has 1 aromatic carbocycles. The van der Waals surface area contributed by atoms with Gasteiger partial charge in [0.2, 0.25) is 5.91 Å². The Morgan fingerprint density at radius 3 is 2.55 bits per heavy atom. The first kappa shape index (κ1) is 33.9. The highest BCUT2D eigenvalue weighted by atomic mass is 79.9. The number of benzene rings is 1. The van der Waals surface area contributed by atoms with Crippen LogP contribution in [0.2, 0.25) is 5.02 Å². The minimum Gasteiger partial charge on any atom is -0.454 e. The second kappa shape index (κ2) is 16.3. The smallest absolute Gasteiger partial charge is 0.251 e. The quantitative estimate of drug-likeness (QED) is 0.220. The summed E-state index contributed by atoms with van der Waals surface area (Å²) in [5.41, 5.74) is 2.88. The van der Waals surface area contributed by atoms with Crippen molar-refractivity contribution in [2.45, 2.75) is 40.0 Å². The standard InChI is InChI=1S/C30H40BrClN6O3S/c1-7-19(2)28(21-10-13-38(14-11-21)20(3)39)36-30(42-6)35-27-17-25(23(31)18-34-27)41-26-16-22(8-9-24(26)32)29(40)33-12-15-37(4)5/h8-9,16-18,21H,7,10-15H2,1-6H3,(H,33,40)(H,34,35,36). The van der Waals surface area contributed by atoms with Crippen LogP contribution in [0.1, 0.15) is 50.4 Å². The van der Waals surface area contributed by atoms with Crippen molar-refractivity contribution in [3.63, 3.8) is 0 Å². The molecule has 0 spiro atoms. The Kier molecular flexibility index (Phi) is 13.2. The fraction of sp³-hybridized carbons (Fsp3) is 0.467. The van der Waals surface area contributed by atoms with E-state index in [0.717, 1.165) is 44.6 Å². The number of ether oxygens (including phenoxy) is 1. The fourth-order valence-electron chi connectivity index (χ4n) is 4.46. The molecule has 42 heavy (non-hydrogen) atoms. The van der Waals surface area contributed by atoms with Crippen LogP contribution in [0.15, 0.2) is 51.2 Å². The van der Waals surface area contributed by atoms with Crippen molar-refractivity contribution in [2.75, 3.05) is 46.5 Å². The maximum Gasteiger partial charge on any atom is 0.251 e. The predicted molar refractivity (Wildman–Crippen MR) is 176 cm³/mol. The third kappa shape index (κ3) is 9.72. The first-order chi connectivity index (χ1) is 20.0. The van der Waals surface area contributed by atoms with Crippen molar-refractivity contribution in [3.8, 4) is 11.5 Å². The number of likely N-dealkylation sites (tertiary alicyclic amines) is 1. The lowest BCUT2D eigenvalue weighted by atomic mass is 9.90. The number of nitrogens with zero attached hydrogens (tertiary/aromatic N) is 4. The first-order valence-electron chi connectivity index (χ1n) is 13.9. The molecule has 1 aliphatic heterocycles. The van der Waals surface area contributed by atoms with Gasteiger partial charge in [-0.2, -0.15) is 0 Å². The summed E-state index contributed by atoms with van der Waals surface area (Å²) in [4.78, 5) is 37.6. The van der Waals surface area contributed by atoms with Crippen molar-refractivity contribution in [1.29, 1.82) is 0 Å². The number of carbonyl (C=O) groups is 2. The summed E-state index contributed by atoms with van der Waals surface area (Å²) in [6.07, 6.45) is 6.32. The zero-order valence-corrected chi connectivity index (χ0v) is 28.3. The van der Waals surface area contributed by atoms with Crippen LogP contribution >= 0.6 is 39.3 Å². The number of hydrogen-bond donors (Lipinski definition) is 2. The fourth-order valence-corrected chi connectivity index (χ4v) is 5.31. The molecule has 1 aliphatic rings. The van der Waals surface area contributed by atoms with Crippen molar-refractivity contribution in [2.24, 2.45) is 10.9 Å². The van der Waals surface area contributed by atoms with E-state index in [1.807, 2.05) is 30.2 Å². The molecule has 0 atom stereocenters. The molecule has 9 nitrogen and oxygen atoms in total. The van der Waals surface area contributed by atoms with E-state index < -0.39 is 0 Å². The molecule has 0 radical (unpaired) electrons. The van der Waals surface area contributed by atoms with Gasteiger partial charge in [0.1, 0.15) is 11.5 Å². The Bertz CT molecular complexity index is 1330. The Labute approximate surface area is 266 Å². The molecule has 1 fully saturated rings. The SMILES string of the molecule is CCC(C)=C(NC(=Nc1cc(Oc2cc(C(=O)NCCN(C)C)ccc2Cl)c(Br)cn1)SC)C1CCN(C(C)=O)CC1. The van der Waals surface area contributed by atoms with Gasteiger partial charge in [0.15, 0.2) is 11.0 Å². The van der Waals surface area contributed by atoms with Gasteiger partial charge in [0.05, 0.1) is 9.50 Å². The van der Waals surface area contributed by atoms with E-state index in [2.05, 4.69) is 45.4 Å². The number of pyridine rings is 1. The lowest BCUT2D eigenvalue weighted by molar-refractivity contribution is -0.130. The number of rotatable bonds is 10. The van der Waals surface area contributed by atoms with E-state index in [1.54, 1.807) is 37.4 Å². The van der Waals surface area contributed by atoms with Crippen molar-refractivity contribution >= 4 is 62.1 Å². The Morgan fingerprint density at radius 2 is 1.93 bits per heavy atom. The summed E-state index contributed by atoms with van der Waals surface area (Å²) in [5, 5.41) is 7.57. The number of likely N-dealkylation sites (N-methyl/N-ethyl adjacent to an activating group) is 1. The van der Waals surface area contributed by atoms with Crippen LogP contribution < -0.4 is 15.4 Å². The van der Waals surface area contributed by atoms with Crippen LogP contribution in [0.25, 0.3) is 0 Å². The van der Waals surface area contributed by atoms with Crippen LogP contribution in [-0.4, -0.2) is 78.3 Å². The largest absolute Gasteiger partial charge is 0.454 e. The summed E-state index contributed by atoms with van der Waals surface area (Å²) >= 11 is 11.4. The molecule has 2 aromatic rings. The molecule has 12 heteroatoms. The molecule has 1 saturated heterocycles. The van der Waals surface area contributed by atoms with Crippen molar-refractivity contribution < 1.29 is 14.3 Å². The molecule has 2 amide bonds. The number of amidine groups is 1. The number of piperidine rings is 1. The number of hydrogen-bond acceptors (Lipinski definition) is 7. The molecule has 228 valence electrons. The van der Waals surface area contributed by atoms with Gasteiger partial charge in [-0.05, 0) is 80.7 Å². The third-order valence-electron chi connectivity index (χ3n) is 7.05. The molecule has 1 aromatic heterocycles. The van der Waals surface area contributed by atoms with Crippen molar-refractivity contribution in [3.05, 3.63) is 56.8 Å². The Hall–Kier alpha value is -2.60. The van der Waals surface area contributed by atoms with Crippen LogP contribution in [0.4, 0.5) is 5.82 Å². The number of carbonyl (C=O) groups excluding carboxylic acids is 2. The number of allylic oxidation sites excluding steroid dienone is 2. The number of aliphatic imine (C=N–C) groups is 1. The van der Waals surface area contributed by atoms with Crippen LogP contribution in [0.5, 0.6) is 11.5 Å². The zero-order chi connectivity index (χ0) is 30.8. The molecule has 2 N–H and O–H groups in total. The lowest BCUT2D eigenvalue weighted by Crippen LogP contribution is -2.39. The number of thioether (sulfide) groups is 1. The molecule has 0 saturated carbocycles. The highest BCUT2D eigenvalue weighted by Crippen LogP contribution is 2.36. The van der Waals surface area contributed by atoms with Crippen LogP contribution in [0.3, 0.4) is 0 Å². The molecule has 3 rings (SSSR count). The summed E-state index contributed by atoms with van der Waals surface area (Å²) in [6.45, 7) is 8.68. The molecule has 0 unspecified atom stereocenters. The van der Waals surface area contributed by atoms with Gasteiger partial charge in [0.25, 0.3) is 5.91 Å². The minimum absolute atomic E-state index is 0.126. The minimum atomic E-state index is -0.202. The lowest BCUT2D eigenvalue weighted by Gasteiger charge is -2.33. The number of aromatic nitrogens is 1. The first-order valence-corrected chi connectivity index (χ1v) is 16.3. The maximum absolute atomic E-state index is 12.6. The van der Waals surface area contributed by atoms with E-state index in [0.29, 0.717) is 50.0 Å². The zero-order valence-electron chi connectivity index (χ0n) is 25.1. The molecule has 2 heterocycles. The number of halogens is 2. The van der Waals surface area contributed by atoms with Gasteiger partial charge in [-0.15, -0.1) is 0 Å². The second-order valence-corrected chi connectivity index (χ2v) is 12.4. The maximum atomic E-state index is 12.6. The van der Waals surface area contributed by atoms with Gasteiger partial charge in [-0.3, -0.25) is 9.59 Å². The molecule has 0 aliphatic carbocycles. The van der Waals surface area contributed by atoms with Crippen LogP contribution in [0, 0.1) is 5.92 Å². The average Bonchev–Trinajstić information content (AvgIpc) is 2.97. The summed E-state index contributed by atoms with van der Waals surface area (Å²) in [5.74, 6) is 1.52. The normalized spacial score (nSPS) is 15.0. The highest BCUT2D eigenvalue weighted by molar-refractivity contribution is 9.10. The highest BCUT2D eigenvalue weighted by Gasteiger charge is 2.25. The third-order valence-corrected chi connectivity index (χ3v) is 8.54. The monoisotopic (exact) mass is 678 g/mol. The topological polar surface area (TPSA) is 99.2 Å². The Morgan fingerprint density at radius 1 is 1.21 bits per heavy atom. The molecular weight excluding hydrogens is 640 g/mol. The second-order valence-electron chi connectivity index (χ2n) is 10.4. The summed E-state index contributed by atoms with van der Waals surface area (Å²) < 4.78 is 6.77. The van der Waals surface area contributed by atoms with Gasteiger partial charge < -0.3 is 25.2 Å². The van der Waals surface area contributed by atoms with E-state index in [4.69, 9.17) is 21.3 Å². The van der Waals surface area contributed by atoms with Gasteiger partial charge >= 0.3 is 0 Å². The predicted octanol–water partition coefficient (Wildman–Crippen LogP) is 6.46. The number of amides is 2. The van der Waals surface area contributed by atoms with Gasteiger partial charge in [0, 0.05) is 62.5 Å². The summed E-state index contributed by atoms with van der Waals surface area (Å²) in [7, 11) is 3.90. The summed E-state index contributed by atoms with van der Waals surface area (Å²) in [6, 6.07) is 6.66. The van der Waals surface area contributed by atoms with Gasteiger partial charge in [-0.25, -0.2) is 9.98 Å². The average molecular weight is 680 g/mol. The Balaban J connectivity index is 1.80.